The number of carbonyl (C=O) groups is 2. The van der Waals surface area contributed by atoms with E-state index in [-0.39, 0.29) is 11.9 Å². The first-order valence-electron chi connectivity index (χ1n) is 13.3. The SMILES string of the molecule is CCN(CC)CC(=O)Nc1c(C)cccc1C.CCOC(=O)CN(CC)CC.Cc1cccc(C)c1N. The van der Waals surface area contributed by atoms with Crippen molar-refractivity contribution in [2.45, 2.75) is 62.3 Å². The highest BCUT2D eigenvalue weighted by atomic mass is 16.5. The van der Waals surface area contributed by atoms with Gasteiger partial charge in [-0.3, -0.25) is 19.4 Å². The molecule has 37 heavy (non-hydrogen) atoms. The first-order valence-corrected chi connectivity index (χ1v) is 13.3. The van der Waals surface area contributed by atoms with E-state index in [0.29, 0.717) is 19.7 Å². The molecule has 0 atom stereocenters. The molecule has 2 aromatic carbocycles. The second-order valence-electron chi connectivity index (χ2n) is 8.85. The summed E-state index contributed by atoms with van der Waals surface area (Å²) in [5, 5.41) is 3.00. The Labute approximate surface area is 225 Å². The summed E-state index contributed by atoms with van der Waals surface area (Å²) < 4.78 is 4.80. The molecule has 0 aromatic heterocycles. The Morgan fingerprint density at radius 2 is 1.14 bits per heavy atom. The maximum absolute atomic E-state index is 11.9. The number of aryl methyl sites for hydroxylation is 4. The first kappa shape index (κ1) is 34.1. The van der Waals surface area contributed by atoms with Crippen LogP contribution in [-0.4, -0.2) is 67.6 Å². The van der Waals surface area contributed by atoms with Crippen molar-refractivity contribution in [3.8, 4) is 0 Å². The van der Waals surface area contributed by atoms with E-state index in [4.69, 9.17) is 10.5 Å². The summed E-state index contributed by atoms with van der Waals surface area (Å²) in [4.78, 5) is 26.9. The zero-order valence-electron chi connectivity index (χ0n) is 24.6. The molecule has 7 heteroatoms. The topological polar surface area (TPSA) is 87.9 Å². The van der Waals surface area contributed by atoms with E-state index >= 15 is 0 Å². The van der Waals surface area contributed by atoms with Gasteiger partial charge in [0.1, 0.15) is 0 Å². The molecular formula is C30H50N4O3. The number of nitrogens with two attached hydrogens (primary N) is 1. The fourth-order valence-electron chi connectivity index (χ4n) is 3.50. The van der Waals surface area contributed by atoms with Crippen LogP contribution in [0.15, 0.2) is 36.4 Å². The van der Waals surface area contributed by atoms with Crippen LogP contribution in [0.3, 0.4) is 0 Å². The molecular weight excluding hydrogens is 464 g/mol. The highest BCUT2D eigenvalue weighted by Gasteiger charge is 2.10. The maximum atomic E-state index is 11.9. The summed E-state index contributed by atoms with van der Waals surface area (Å²) in [6, 6.07) is 12.1. The number of nitrogen functional groups attached to an aromatic ring is 1. The second kappa shape index (κ2) is 19.2. The number of amides is 1. The molecule has 0 bridgehead atoms. The maximum Gasteiger partial charge on any atom is 0.320 e. The van der Waals surface area contributed by atoms with Gasteiger partial charge in [0.2, 0.25) is 5.91 Å². The van der Waals surface area contributed by atoms with Crippen LogP contribution in [0.5, 0.6) is 0 Å². The molecule has 7 nitrogen and oxygen atoms in total. The van der Waals surface area contributed by atoms with Crippen LogP contribution in [0.1, 0.15) is 56.9 Å². The van der Waals surface area contributed by atoms with Crippen LogP contribution in [0, 0.1) is 27.7 Å². The summed E-state index contributed by atoms with van der Waals surface area (Å²) in [6.45, 7) is 23.0. The number of benzene rings is 2. The lowest BCUT2D eigenvalue weighted by Crippen LogP contribution is -2.33. The number of para-hydroxylation sites is 2. The molecule has 0 aliphatic rings. The van der Waals surface area contributed by atoms with E-state index in [9.17, 15) is 9.59 Å². The number of hydrogen-bond donors (Lipinski definition) is 2. The standard InChI is InChI=1S/C14H22N2O.C8H17NO2.C8H11N/c1-5-16(6-2)10-13(17)15-14-11(3)8-7-9-12(14)4;1-4-9(5-2)7-8(10)11-6-3;1-6-4-3-5-7(2)8(6)9/h7-9H,5-6,10H2,1-4H3,(H,15,17);4-7H2,1-3H3;3-5H,9H2,1-2H3. The number of likely N-dealkylation sites (N-methyl/N-ethyl adjacent to an activating group) is 2. The van der Waals surface area contributed by atoms with Gasteiger partial charge in [0.15, 0.2) is 0 Å². The zero-order chi connectivity index (χ0) is 28.4. The molecule has 0 spiro atoms. The Bertz CT molecular complexity index is 898. The number of anilines is 2. The van der Waals surface area contributed by atoms with Gasteiger partial charge in [-0.15, -0.1) is 0 Å². The average molecular weight is 515 g/mol. The van der Waals surface area contributed by atoms with E-state index in [0.717, 1.165) is 59.8 Å². The second-order valence-corrected chi connectivity index (χ2v) is 8.85. The smallest absolute Gasteiger partial charge is 0.320 e. The van der Waals surface area contributed by atoms with Crippen molar-refractivity contribution in [3.05, 3.63) is 58.7 Å². The van der Waals surface area contributed by atoms with E-state index < -0.39 is 0 Å². The van der Waals surface area contributed by atoms with Gasteiger partial charge in [0.25, 0.3) is 0 Å². The molecule has 0 aliphatic carbocycles. The van der Waals surface area contributed by atoms with Gasteiger partial charge in [-0.25, -0.2) is 0 Å². The third-order valence-corrected chi connectivity index (χ3v) is 6.10. The minimum absolute atomic E-state index is 0.0612. The van der Waals surface area contributed by atoms with Crippen molar-refractivity contribution in [3.63, 3.8) is 0 Å². The Morgan fingerprint density at radius 3 is 1.51 bits per heavy atom. The first-order chi connectivity index (χ1) is 17.5. The van der Waals surface area contributed by atoms with Crippen LogP contribution < -0.4 is 11.1 Å². The summed E-state index contributed by atoms with van der Waals surface area (Å²) in [5.74, 6) is -0.0673. The Balaban J connectivity index is 0.000000560. The van der Waals surface area contributed by atoms with Crippen LogP contribution in [0.2, 0.25) is 0 Å². The fourth-order valence-corrected chi connectivity index (χ4v) is 3.50. The molecule has 0 radical (unpaired) electrons. The van der Waals surface area contributed by atoms with Gasteiger partial charge < -0.3 is 15.8 Å². The van der Waals surface area contributed by atoms with Gasteiger partial charge in [-0.1, -0.05) is 64.1 Å². The van der Waals surface area contributed by atoms with Gasteiger partial charge >= 0.3 is 5.97 Å². The molecule has 0 aliphatic heterocycles. The molecule has 0 saturated heterocycles. The highest BCUT2D eigenvalue weighted by molar-refractivity contribution is 5.93. The number of rotatable bonds is 10. The lowest BCUT2D eigenvalue weighted by Gasteiger charge is -2.18. The number of carbonyl (C=O) groups excluding carboxylic acids is 2. The fraction of sp³-hybridized carbons (Fsp3) is 0.533. The van der Waals surface area contributed by atoms with Gasteiger partial charge in [0.05, 0.1) is 19.7 Å². The van der Waals surface area contributed by atoms with E-state index in [2.05, 4.69) is 24.1 Å². The molecule has 2 aromatic rings. The summed E-state index contributed by atoms with van der Waals surface area (Å²) >= 11 is 0. The van der Waals surface area contributed by atoms with Gasteiger partial charge in [-0.05, 0) is 83.1 Å². The zero-order valence-corrected chi connectivity index (χ0v) is 24.6. The molecule has 0 saturated carbocycles. The highest BCUT2D eigenvalue weighted by Crippen LogP contribution is 2.19. The van der Waals surface area contributed by atoms with Crippen molar-refractivity contribution in [2.24, 2.45) is 0 Å². The summed E-state index contributed by atoms with van der Waals surface area (Å²) in [7, 11) is 0. The van der Waals surface area contributed by atoms with Gasteiger partial charge in [-0.2, -0.15) is 0 Å². The number of esters is 1. The minimum atomic E-state index is -0.129. The van der Waals surface area contributed by atoms with Crippen LogP contribution in [0.4, 0.5) is 11.4 Å². The number of hydrogen-bond acceptors (Lipinski definition) is 6. The van der Waals surface area contributed by atoms with Crippen molar-refractivity contribution < 1.29 is 14.3 Å². The van der Waals surface area contributed by atoms with Gasteiger partial charge in [0, 0.05) is 11.4 Å². The molecule has 0 fully saturated rings. The lowest BCUT2D eigenvalue weighted by atomic mass is 10.1. The van der Waals surface area contributed by atoms with Crippen LogP contribution in [-0.2, 0) is 14.3 Å². The summed E-state index contributed by atoms with van der Waals surface area (Å²) in [5.41, 5.74) is 12.1. The van der Waals surface area contributed by atoms with Crippen molar-refractivity contribution in [1.29, 1.82) is 0 Å². The predicted octanol–water partition coefficient (Wildman–Crippen LogP) is 5.36. The van der Waals surface area contributed by atoms with Crippen LogP contribution >= 0.6 is 0 Å². The average Bonchev–Trinajstić information content (AvgIpc) is 2.87. The normalized spacial score (nSPS) is 10.2. The molecule has 208 valence electrons. The Kier molecular flexibility index (Phi) is 17.7. The van der Waals surface area contributed by atoms with Crippen molar-refractivity contribution >= 4 is 23.3 Å². The van der Waals surface area contributed by atoms with Crippen LogP contribution in [0.25, 0.3) is 0 Å². The number of nitrogens with one attached hydrogen (secondary N) is 1. The van der Waals surface area contributed by atoms with E-state index in [1.54, 1.807) is 0 Å². The largest absolute Gasteiger partial charge is 0.465 e. The molecule has 1 amide bonds. The van der Waals surface area contributed by atoms with E-state index in [1.807, 2.05) is 89.8 Å². The quantitative estimate of drug-likeness (QED) is 0.328. The number of ether oxygens (including phenoxy) is 1. The molecule has 3 N–H and O–H groups in total. The molecule has 0 heterocycles. The third-order valence-electron chi connectivity index (χ3n) is 6.10. The van der Waals surface area contributed by atoms with E-state index in [1.165, 1.54) is 0 Å². The van der Waals surface area contributed by atoms with Crippen molar-refractivity contribution in [2.75, 3.05) is 56.9 Å². The Hall–Kier alpha value is -2.90. The van der Waals surface area contributed by atoms with Crippen molar-refractivity contribution in [1.82, 2.24) is 9.80 Å². The third kappa shape index (κ3) is 13.8. The minimum Gasteiger partial charge on any atom is -0.465 e. The monoisotopic (exact) mass is 514 g/mol. The lowest BCUT2D eigenvalue weighted by molar-refractivity contribution is -0.144. The Morgan fingerprint density at radius 1 is 0.730 bits per heavy atom. The molecule has 2 rings (SSSR count). The molecule has 0 unspecified atom stereocenters. The predicted molar refractivity (Wildman–Crippen MR) is 157 cm³/mol. The summed E-state index contributed by atoms with van der Waals surface area (Å²) in [6.07, 6.45) is 0. The number of nitrogens with zero attached hydrogens (tertiary/aromatic N) is 2.